The lowest BCUT2D eigenvalue weighted by Gasteiger charge is -2.51. The molecule has 0 bridgehead atoms. The summed E-state index contributed by atoms with van der Waals surface area (Å²) in [4.78, 5) is 41.8. The summed E-state index contributed by atoms with van der Waals surface area (Å²) in [6.45, 7) is 3.49. The molecule has 3 heterocycles. The highest BCUT2D eigenvalue weighted by atomic mass is 16.6. The van der Waals surface area contributed by atoms with Crippen molar-refractivity contribution in [3.8, 4) is 0 Å². The van der Waals surface area contributed by atoms with Crippen LogP contribution < -0.4 is 5.32 Å². The number of amides is 2. The number of ether oxygens (including phenoxy) is 4. The molecule has 1 fully saturated rings. The first kappa shape index (κ1) is 29.5. The highest BCUT2D eigenvalue weighted by Crippen LogP contribution is 2.50. The monoisotopic (exact) mass is 554 g/mol. The van der Waals surface area contributed by atoms with Crippen LogP contribution in [0.15, 0.2) is 64.9 Å². The van der Waals surface area contributed by atoms with E-state index in [9.17, 15) is 14.4 Å². The molecule has 40 heavy (non-hydrogen) atoms. The van der Waals surface area contributed by atoms with Gasteiger partial charge in [0.05, 0.1) is 39.2 Å². The summed E-state index contributed by atoms with van der Waals surface area (Å²) in [5.74, 6) is -1.25. The maximum Gasteiger partial charge on any atom is 0.320 e. The molecule has 0 aliphatic carbocycles. The molecule has 4 atom stereocenters. The van der Waals surface area contributed by atoms with Gasteiger partial charge in [-0.15, -0.1) is 0 Å². The Kier molecular flexibility index (Phi) is 10.1. The van der Waals surface area contributed by atoms with Crippen LogP contribution in [0.1, 0.15) is 37.5 Å². The van der Waals surface area contributed by atoms with Crippen molar-refractivity contribution in [2.45, 2.75) is 51.5 Å². The third-order valence-electron chi connectivity index (χ3n) is 7.46. The van der Waals surface area contributed by atoms with Gasteiger partial charge in [-0.2, -0.15) is 0 Å². The Bertz CT molecular complexity index is 1170. The van der Waals surface area contributed by atoms with Gasteiger partial charge in [-0.25, -0.2) is 0 Å². The van der Waals surface area contributed by atoms with E-state index in [0.717, 1.165) is 5.56 Å². The van der Waals surface area contributed by atoms with Crippen molar-refractivity contribution in [3.63, 3.8) is 0 Å². The lowest BCUT2D eigenvalue weighted by molar-refractivity contribution is -0.178. The zero-order valence-corrected chi connectivity index (χ0v) is 23.3. The summed E-state index contributed by atoms with van der Waals surface area (Å²) in [7, 11) is 2.92. The number of nitrogens with one attached hydrogen (secondary N) is 1. The maximum atomic E-state index is 13.9. The van der Waals surface area contributed by atoms with Gasteiger partial charge in [-0.05, 0) is 43.5 Å². The van der Waals surface area contributed by atoms with Crippen molar-refractivity contribution in [3.05, 3.63) is 71.8 Å². The first-order valence-corrected chi connectivity index (χ1v) is 13.6. The Labute approximate surface area is 234 Å². The van der Waals surface area contributed by atoms with Gasteiger partial charge in [0.2, 0.25) is 11.8 Å². The Morgan fingerprint density at radius 1 is 1.15 bits per heavy atom. The van der Waals surface area contributed by atoms with E-state index in [1.807, 2.05) is 30.3 Å². The second-order valence-electron chi connectivity index (χ2n) is 10.1. The van der Waals surface area contributed by atoms with Crippen LogP contribution in [-0.4, -0.2) is 68.9 Å². The van der Waals surface area contributed by atoms with Gasteiger partial charge in [0.25, 0.3) is 0 Å². The number of esters is 1. The standard InChI is InChI=1S/C30H38N2O8/c1-21-30(29(35)37-3)17-23(15-27(33)31-12-8-13-36-2)28(34)32(18-24-11-7-14-39-24)26(30)16-25(40-21)20-38-19-22-9-5-4-6-10-22/h4-7,9-11,14,16,21,23,25H,8,12-13,15,17-20H2,1-3H3,(H,31,33)/t21-,23+,25-,30+/m1/s1. The predicted molar refractivity (Wildman–Crippen MR) is 144 cm³/mol. The molecule has 2 aliphatic heterocycles. The van der Waals surface area contributed by atoms with E-state index in [-0.39, 0.29) is 37.8 Å². The molecular weight excluding hydrogens is 516 g/mol. The van der Waals surface area contributed by atoms with E-state index in [1.165, 1.54) is 13.4 Å². The summed E-state index contributed by atoms with van der Waals surface area (Å²) in [5, 5.41) is 2.84. The number of carbonyl (C=O) groups is 3. The second kappa shape index (κ2) is 13.7. The van der Waals surface area contributed by atoms with Crippen LogP contribution in [0, 0.1) is 11.3 Å². The third kappa shape index (κ3) is 6.63. The highest BCUT2D eigenvalue weighted by molar-refractivity contribution is 5.92. The van der Waals surface area contributed by atoms with Gasteiger partial charge in [-0.3, -0.25) is 14.4 Å². The van der Waals surface area contributed by atoms with Crippen LogP contribution in [0.5, 0.6) is 0 Å². The van der Waals surface area contributed by atoms with Crippen LogP contribution >= 0.6 is 0 Å². The fraction of sp³-hybridized carbons (Fsp3) is 0.500. The van der Waals surface area contributed by atoms with Gasteiger partial charge in [0.15, 0.2) is 0 Å². The molecule has 1 N–H and O–H groups in total. The van der Waals surface area contributed by atoms with Crippen molar-refractivity contribution < 1.29 is 37.7 Å². The molecule has 216 valence electrons. The molecule has 2 aromatic rings. The average Bonchev–Trinajstić information content (AvgIpc) is 3.47. The number of hydrogen-bond donors (Lipinski definition) is 1. The van der Waals surface area contributed by atoms with Crippen molar-refractivity contribution in [1.82, 2.24) is 10.2 Å². The van der Waals surface area contributed by atoms with Crippen LogP contribution in [0.3, 0.4) is 0 Å². The molecule has 1 aromatic carbocycles. The minimum atomic E-state index is -1.29. The molecule has 10 nitrogen and oxygen atoms in total. The number of rotatable bonds is 13. The molecular formula is C30H38N2O8. The summed E-state index contributed by atoms with van der Waals surface area (Å²) < 4.78 is 28.1. The maximum absolute atomic E-state index is 13.9. The Morgan fingerprint density at radius 2 is 1.95 bits per heavy atom. The summed E-state index contributed by atoms with van der Waals surface area (Å²) in [6, 6.07) is 13.3. The molecule has 0 unspecified atom stereocenters. The third-order valence-corrected chi connectivity index (χ3v) is 7.46. The van der Waals surface area contributed by atoms with E-state index >= 15 is 0 Å². The molecule has 1 saturated heterocycles. The number of methoxy groups -OCH3 is 2. The SMILES string of the molecule is COCCCNC(=O)C[C@H]1C[C@@]2(C(=O)OC)C(=C[C@H](COCc3ccccc3)O[C@@H]2C)N(Cc2ccco2)C1=O. The van der Waals surface area contributed by atoms with Gasteiger partial charge in [0.1, 0.15) is 17.3 Å². The van der Waals surface area contributed by atoms with E-state index in [1.54, 1.807) is 37.1 Å². The summed E-state index contributed by atoms with van der Waals surface area (Å²) in [6.07, 6.45) is 2.84. The van der Waals surface area contributed by atoms with E-state index < -0.39 is 29.5 Å². The largest absolute Gasteiger partial charge is 0.468 e. The number of nitrogens with zero attached hydrogens (tertiary/aromatic N) is 1. The van der Waals surface area contributed by atoms with Crippen molar-refractivity contribution in [1.29, 1.82) is 0 Å². The number of likely N-dealkylation sites (tertiary alicyclic amines) is 1. The molecule has 10 heteroatoms. The minimum absolute atomic E-state index is 0.0666. The van der Waals surface area contributed by atoms with E-state index in [2.05, 4.69) is 5.32 Å². The van der Waals surface area contributed by atoms with Crippen molar-refractivity contribution in [2.75, 3.05) is 34.0 Å². The minimum Gasteiger partial charge on any atom is -0.468 e. The van der Waals surface area contributed by atoms with Crippen molar-refractivity contribution >= 4 is 17.8 Å². The number of piperidine rings is 1. The Hall–Kier alpha value is -3.47. The van der Waals surface area contributed by atoms with Crippen LogP contribution in [0.2, 0.25) is 0 Å². The first-order chi connectivity index (χ1) is 19.4. The Balaban J connectivity index is 1.61. The number of furan rings is 1. The van der Waals surface area contributed by atoms with Crippen molar-refractivity contribution in [2.24, 2.45) is 11.3 Å². The van der Waals surface area contributed by atoms with E-state index in [0.29, 0.717) is 37.6 Å². The fourth-order valence-corrected chi connectivity index (χ4v) is 5.48. The van der Waals surface area contributed by atoms with Gasteiger partial charge in [0, 0.05) is 38.3 Å². The fourth-order valence-electron chi connectivity index (χ4n) is 5.48. The summed E-state index contributed by atoms with van der Waals surface area (Å²) >= 11 is 0. The summed E-state index contributed by atoms with van der Waals surface area (Å²) in [5.41, 5.74) is 0.231. The number of benzene rings is 1. The normalized spacial score (nSPS) is 24.3. The number of fused-ring (bicyclic) bond motifs is 1. The van der Waals surface area contributed by atoms with Gasteiger partial charge < -0.3 is 33.6 Å². The predicted octanol–water partition coefficient (Wildman–Crippen LogP) is 3.22. The first-order valence-electron chi connectivity index (χ1n) is 13.6. The molecule has 4 rings (SSSR count). The molecule has 2 amide bonds. The molecule has 0 saturated carbocycles. The molecule has 2 aliphatic rings. The van der Waals surface area contributed by atoms with E-state index in [4.69, 9.17) is 23.4 Å². The lowest BCUT2D eigenvalue weighted by atomic mass is 9.66. The average molecular weight is 555 g/mol. The van der Waals surface area contributed by atoms with Crippen LogP contribution in [-0.2, 0) is 46.5 Å². The van der Waals surface area contributed by atoms with Crippen LogP contribution in [0.25, 0.3) is 0 Å². The topological polar surface area (TPSA) is 117 Å². The molecule has 1 aromatic heterocycles. The zero-order valence-electron chi connectivity index (χ0n) is 23.3. The van der Waals surface area contributed by atoms with Gasteiger partial charge >= 0.3 is 5.97 Å². The zero-order chi connectivity index (χ0) is 28.5. The van der Waals surface area contributed by atoms with Crippen LogP contribution in [0.4, 0.5) is 0 Å². The second-order valence-corrected chi connectivity index (χ2v) is 10.1. The quantitative estimate of drug-likeness (QED) is 0.296. The number of hydrogen-bond acceptors (Lipinski definition) is 8. The molecule has 0 radical (unpaired) electrons. The molecule has 0 spiro atoms. The van der Waals surface area contributed by atoms with Gasteiger partial charge in [-0.1, -0.05) is 30.3 Å². The lowest BCUT2D eigenvalue weighted by Crippen LogP contribution is -2.60. The Morgan fingerprint density at radius 3 is 2.65 bits per heavy atom. The highest BCUT2D eigenvalue weighted by Gasteiger charge is 2.59. The number of carbonyl (C=O) groups excluding carboxylic acids is 3. The smallest absolute Gasteiger partial charge is 0.320 e.